The number of rotatable bonds is 21. The number of benzene rings is 1. The van der Waals surface area contributed by atoms with E-state index in [0.717, 1.165) is 12.8 Å². The van der Waals surface area contributed by atoms with Gasteiger partial charge in [0.25, 0.3) is 0 Å². The van der Waals surface area contributed by atoms with Crippen LogP contribution in [0.2, 0.25) is 0 Å². The van der Waals surface area contributed by atoms with Gasteiger partial charge >= 0.3 is 7.82 Å². The molecule has 5 nitrogen and oxygen atoms in total. The average Bonchev–Trinajstić information content (AvgIpc) is 2.74. The third kappa shape index (κ3) is 18.4. The Hall–Kier alpha value is -0.870. The molecule has 2 N–H and O–H groups in total. The molecule has 1 aromatic rings. The summed E-state index contributed by atoms with van der Waals surface area (Å²) < 4.78 is 21.8. The smallest absolute Gasteiger partial charge is 0.469 e. The van der Waals surface area contributed by atoms with Gasteiger partial charge in [0.05, 0.1) is 0 Å². The molecule has 1 rings (SSSR count). The molecule has 0 amide bonds. The minimum Gasteiger partial charge on any atom is -0.491 e. The van der Waals surface area contributed by atoms with E-state index in [4.69, 9.17) is 19.0 Å². The van der Waals surface area contributed by atoms with Crippen molar-refractivity contribution >= 4 is 7.82 Å². The highest BCUT2D eigenvalue weighted by atomic mass is 31.2. The maximum atomic E-state index is 11.2. The Kier molecular flexibility index (Phi) is 17.0. The van der Waals surface area contributed by atoms with Gasteiger partial charge < -0.3 is 14.5 Å². The normalized spacial score (nSPS) is 12.7. The number of hydrogen-bond donors (Lipinski definition) is 2. The first-order chi connectivity index (χ1) is 15.0. The van der Waals surface area contributed by atoms with Crippen molar-refractivity contribution in [2.24, 2.45) is 0 Å². The molecule has 0 saturated heterocycles. The maximum Gasteiger partial charge on any atom is 0.469 e. The molecule has 0 aliphatic heterocycles. The van der Waals surface area contributed by atoms with Gasteiger partial charge in [-0.1, -0.05) is 121 Å². The Morgan fingerprint density at radius 1 is 0.742 bits per heavy atom. The quantitative estimate of drug-likeness (QED) is 0.146. The van der Waals surface area contributed by atoms with Crippen molar-refractivity contribution in [3.05, 3.63) is 30.3 Å². The summed E-state index contributed by atoms with van der Waals surface area (Å²) in [6.07, 6.45) is 19.4. The molecule has 0 fully saturated rings. The van der Waals surface area contributed by atoms with Crippen LogP contribution in [0, 0.1) is 0 Å². The lowest BCUT2D eigenvalue weighted by Gasteiger charge is -2.18. The fourth-order valence-corrected chi connectivity index (χ4v) is 4.36. The zero-order chi connectivity index (χ0) is 22.6. The van der Waals surface area contributed by atoms with E-state index in [1.807, 2.05) is 30.3 Å². The van der Waals surface area contributed by atoms with Crippen LogP contribution in [0.25, 0.3) is 0 Å². The largest absolute Gasteiger partial charge is 0.491 e. The van der Waals surface area contributed by atoms with Gasteiger partial charge in [0.15, 0.2) is 0 Å². The first-order valence-corrected chi connectivity index (χ1v) is 14.0. The summed E-state index contributed by atoms with van der Waals surface area (Å²) in [6, 6.07) is 9.27. The zero-order valence-corrected chi connectivity index (χ0v) is 20.4. The molecule has 1 unspecified atom stereocenters. The fourth-order valence-electron chi connectivity index (χ4n) is 3.81. The molecular formula is C25H45O5P. The van der Waals surface area contributed by atoms with Crippen molar-refractivity contribution in [3.8, 4) is 5.75 Å². The molecule has 1 atom stereocenters. The van der Waals surface area contributed by atoms with Gasteiger partial charge in [-0.2, -0.15) is 0 Å². The second-order valence-electron chi connectivity index (χ2n) is 8.58. The van der Waals surface area contributed by atoms with Crippen molar-refractivity contribution < 1.29 is 23.6 Å². The zero-order valence-electron chi connectivity index (χ0n) is 19.6. The standard InChI is InChI=1S/C25H45O5P/c1-2-3-4-5-6-7-8-9-10-11-12-13-14-15-17-22-25(30-31(26,27)28)23-29-24-20-18-16-19-21-24/h16,18-21,25H,2-15,17,22-23H2,1H3,(H2,26,27,28). The number of unbranched alkanes of at least 4 members (excludes halogenated alkanes) is 14. The Balaban J connectivity index is 2.00. The summed E-state index contributed by atoms with van der Waals surface area (Å²) in [6.45, 7) is 2.41. The van der Waals surface area contributed by atoms with Crippen LogP contribution in [0.5, 0.6) is 5.75 Å². The van der Waals surface area contributed by atoms with Crippen LogP contribution in [0.15, 0.2) is 30.3 Å². The first-order valence-electron chi connectivity index (χ1n) is 12.4. The minimum absolute atomic E-state index is 0.147. The van der Waals surface area contributed by atoms with Crippen molar-refractivity contribution in [2.45, 2.75) is 116 Å². The lowest BCUT2D eigenvalue weighted by atomic mass is 10.0. The molecule has 0 spiro atoms. The van der Waals surface area contributed by atoms with Crippen LogP contribution in [0.4, 0.5) is 0 Å². The molecule has 0 aliphatic rings. The highest BCUT2D eigenvalue weighted by Gasteiger charge is 2.22. The number of phosphoric acid groups is 1. The van der Waals surface area contributed by atoms with Crippen molar-refractivity contribution in [1.82, 2.24) is 0 Å². The van der Waals surface area contributed by atoms with Crippen LogP contribution < -0.4 is 4.74 Å². The van der Waals surface area contributed by atoms with E-state index in [1.165, 1.54) is 83.5 Å². The van der Waals surface area contributed by atoms with Gasteiger partial charge in [0, 0.05) is 0 Å². The highest BCUT2D eigenvalue weighted by Crippen LogP contribution is 2.38. The van der Waals surface area contributed by atoms with E-state index in [0.29, 0.717) is 12.2 Å². The van der Waals surface area contributed by atoms with E-state index in [1.54, 1.807) is 0 Å². The number of para-hydroxylation sites is 1. The minimum atomic E-state index is -4.51. The maximum absolute atomic E-state index is 11.2. The van der Waals surface area contributed by atoms with Gasteiger partial charge in [-0.3, -0.25) is 4.52 Å². The predicted molar refractivity (Wildman–Crippen MR) is 128 cm³/mol. The van der Waals surface area contributed by atoms with Crippen molar-refractivity contribution in [3.63, 3.8) is 0 Å². The van der Waals surface area contributed by atoms with Crippen LogP contribution in [-0.2, 0) is 9.09 Å². The first kappa shape index (κ1) is 28.2. The molecule has 0 aromatic heterocycles. The lowest BCUT2D eigenvalue weighted by Crippen LogP contribution is -2.20. The fraction of sp³-hybridized carbons (Fsp3) is 0.760. The summed E-state index contributed by atoms with van der Waals surface area (Å²) in [5.41, 5.74) is 0. The number of hydrogen-bond acceptors (Lipinski definition) is 3. The Morgan fingerprint density at radius 2 is 1.19 bits per heavy atom. The van der Waals surface area contributed by atoms with Gasteiger partial charge in [-0.25, -0.2) is 4.57 Å². The van der Waals surface area contributed by atoms with Crippen LogP contribution >= 0.6 is 7.82 Å². The van der Waals surface area contributed by atoms with Crippen LogP contribution in [-0.4, -0.2) is 22.5 Å². The molecule has 31 heavy (non-hydrogen) atoms. The number of phosphoric ester groups is 1. The van der Waals surface area contributed by atoms with Gasteiger partial charge in [-0.15, -0.1) is 0 Å². The summed E-state index contributed by atoms with van der Waals surface area (Å²) in [5.74, 6) is 0.679. The van der Waals surface area contributed by atoms with E-state index in [9.17, 15) is 4.57 Å². The monoisotopic (exact) mass is 456 g/mol. The molecule has 0 bridgehead atoms. The van der Waals surface area contributed by atoms with E-state index in [-0.39, 0.29) is 6.61 Å². The molecule has 0 saturated carbocycles. The van der Waals surface area contributed by atoms with Gasteiger partial charge in [-0.05, 0) is 18.6 Å². The highest BCUT2D eigenvalue weighted by molar-refractivity contribution is 7.46. The Labute approximate surface area is 190 Å². The van der Waals surface area contributed by atoms with Gasteiger partial charge in [0.2, 0.25) is 0 Å². The lowest BCUT2D eigenvalue weighted by molar-refractivity contribution is 0.0818. The van der Waals surface area contributed by atoms with Crippen molar-refractivity contribution in [2.75, 3.05) is 6.61 Å². The molecule has 0 radical (unpaired) electrons. The van der Waals surface area contributed by atoms with Crippen LogP contribution in [0.1, 0.15) is 110 Å². The third-order valence-electron chi connectivity index (χ3n) is 5.60. The molecule has 1 aromatic carbocycles. The topological polar surface area (TPSA) is 76.0 Å². The Morgan fingerprint density at radius 3 is 1.65 bits per heavy atom. The van der Waals surface area contributed by atoms with E-state index < -0.39 is 13.9 Å². The van der Waals surface area contributed by atoms with E-state index in [2.05, 4.69) is 6.92 Å². The second kappa shape index (κ2) is 18.7. The SMILES string of the molecule is CCCCCCCCCCCCCCCCCC(COc1ccccc1)OP(=O)(O)O. The van der Waals surface area contributed by atoms with Gasteiger partial charge in [0.1, 0.15) is 18.5 Å². The Bertz CT molecular complexity index is 560. The second-order valence-corrected chi connectivity index (χ2v) is 9.77. The summed E-state index contributed by atoms with van der Waals surface area (Å²) in [5, 5.41) is 0. The molecule has 0 heterocycles. The number of ether oxygens (including phenoxy) is 1. The summed E-state index contributed by atoms with van der Waals surface area (Å²) in [4.78, 5) is 18.3. The average molecular weight is 457 g/mol. The molecule has 180 valence electrons. The molecular weight excluding hydrogens is 411 g/mol. The third-order valence-corrected chi connectivity index (χ3v) is 6.17. The van der Waals surface area contributed by atoms with Crippen molar-refractivity contribution in [1.29, 1.82) is 0 Å². The summed E-state index contributed by atoms with van der Waals surface area (Å²) in [7, 11) is -4.51. The summed E-state index contributed by atoms with van der Waals surface area (Å²) >= 11 is 0. The van der Waals surface area contributed by atoms with Crippen LogP contribution in [0.3, 0.4) is 0 Å². The van der Waals surface area contributed by atoms with E-state index >= 15 is 0 Å². The molecule has 6 heteroatoms. The molecule has 0 aliphatic carbocycles. The predicted octanol–water partition coefficient (Wildman–Crippen LogP) is 7.80.